The summed E-state index contributed by atoms with van der Waals surface area (Å²) < 4.78 is 5.95. The number of hydrogen-bond donors (Lipinski definition) is 2. The lowest BCUT2D eigenvalue weighted by molar-refractivity contribution is -0.0416. The lowest BCUT2D eigenvalue weighted by atomic mass is 10.2. The molecule has 0 aromatic carbocycles. The van der Waals surface area contributed by atoms with E-state index in [1.165, 1.54) is 19.4 Å². The Hall–Kier alpha value is -1.40. The number of aromatic nitrogens is 2. The second-order valence-corrected chi connectivity index (χ2v) is 5.84. The van der Waals surface area contributed by atoms with Crippen LogP contribution in [0.5, 0.6) is 0 Å². The zero-order chi connectivity index (χ0) is 14.5. The van der Waals surface area contributed by atoms with Crippen molar-refractivity contribution in [3.63, 3.8) is 0 Å². The van der Waals surface area contributed by atoms with Crippen molar-refractivity contribution in [3.8, 4) is 0 Å². The van der Waals surface area contributed by atoms with E-state index in [-0.39, 0.29) is 6.10 Å². The Morgan fingerprint density at radius 2 is 2.19 bits per heavy atom. The summed E-state index contributed by atoms with van der Waals surface area (Å²) in [6.07, 6.45) is 5.53. The van der Waals surface area contributed by atoms with E-state index in [1.54, 1.807) is 6.33 Å². The van der Waals surface area contributed by atoms with Gasteiger partial charge in [0.25, 0.3) is 0 Å². The van der Waals surface area contributed by atoms with Crippen LogP contribution in [0.2, 0.25) is 0 Å². The zero-order valence-electron chi connectivity index (χ0n) is 12.7. The van der Waals surface area contributed by atoms with Crippen molar-refractivity contribution in [2.24, 2.45) is 0 Å². The summed E-state index contributed by atoms with van der Waals surface area (Å²) in [5.74, 6) is 1.73. The molecule has 1 aromatic rings. The van der Waals surface area contributed by atoms with Gasteiger partial charge in [-0.2, -0.15) is 0 Å². The van der Waals surface area contributed by atoms with Crippen LogP contribution in [0.25, 0.3) is 0 Å². The van der Waals surface area contributed by atoms with Gasteiger partial charge in [-0.15, -0.1) is 0 Å². The molecule has 6 heteroatoms. The highest BCUT2D eigenvalue weighted by Crippen LogP contribution is 2.22. The maximum Gasteiger partial charge on any atom is 0.131 e. The summed E-state index contributed by atoms with van der Waals surface area (Å²) in [6, 6.07) is 2.61. The molecule has 0 saturated carbocycles. The van der Waals surface area contributed by atoms with Gasteiger partial charge in [0.05, 0.1) is 12.7 Å². The molecule has 0 aliphatic carbocycles. The summed E-state index contributed by atoms with van der Waals surface area (Å²) >= 11 is 0. The third-order valence-corrected chi connectivity index (χ3v) is 4.20. The maximum absolute atomic E-state index is 5.95. The van der Waals surface area contributed by atoms with Crippen LogP contribution in [0.1, 0.15) is 26.2 Å². The van der Waals surface area contributed by atoms with Gasteiger partial charge in [-0.3, -0.25) is 4.90 Å². The van der Waals surface area contributed by atoms with Gasteiger partial charge in [-0.05, 0) is 25.8 Å². The van der Waals surface area contributed by atoms with E-state index >= 15 is 0 Å². The fourth-order valence-electron chi connectivity index (χ4n) is 3.03. The first kappa shape index (κ1) is 14.5. The van der Waals surface area contributed by atoms with Gasteiger partial charge in [-0.25, -0.2) is 9.97 Å². The molecule has 0 bridgehead atoms. The number of morpholine rings is 1. The number of anilines is 2. The second-order valence-electron chi connectivity index (χ2n) is 5.84. The largest absolute Gasteiger partial charge is 0.373 e. The third-order valence-electron chi connectivity index (χ3n) is 4.20. The maximum atomic E-state index is 5.95. The quantitative estimate of drug-likeness (QED) is 0.829. The Bertz CT molecular complexity index is 455. The first-order valence-electron chi connectivity index (χ1n) is 8.00. The minimum atomic E-state index is 0.251. The standard InChI is InChI=1S/C15H25N5O/c1-2-5-16-14-7-15(19-11-18-14)17-8-13-9-20-6-3-4-12(20)10-21-13/h7,11-13H,2-6,8-10H2,1H3,(H2,16,17,18,19). The van der Waals surface area contributed by atoms with Crippen LogP contribution in [-0.4, -0.2) is 59.8 Å². The van der Waals surface area contributed by atoms with Gasteiger partial charge < -0.3 is 15.4 Å². The molecule has 116 valence electrons. The van der Waals surface area contributed by atoms with E-state index in [9.17, 15) is 0 Å². The predicted octanol–water partition coefficient (Wildman–Crippen LogP) is 1.57. The van der Waals surface area contributed by atoms with Gasteiger partial charge in [0, 0.05) is 31.7 Å². The Morgan fingerprint density at radius 3 is 3.05 bits per heavy atom. The van der Waals surface area contributed by atoms with Crippen molar-refractivity contribution >= 4 is 11.6 Å². The molecular weight excluding hydrogens is 266 g/mol. The average molecular weight is 291 g/mol. The van der Waals surface area contributed by atoms with Crippen molar-refractivity contribution in [1.29, 1.82) is 0 Å². The molecule has 2 N–H and O–H groups in total. The topological polar surface area (TPSA) is 62.3 Å². The molecule has 2 atom stereocenters. The Kier molecular flexibility index (Phi) is 4.87. The number of ether oxygens (including phenoxy) is 1. The van der Waals surface area contributed by atoms with Crippen LogP contribution in [-0.2, 0) is 4.74 Å². The normalized spacial score (nSPS) is 25.6. The molecule has 2 aliphatic heterocycles. The minimum absolute atomic E-state index is 0.251. The molecule has 2 aliphatic rings. The van der Waals surface area contributed by atoms with E-state index in [2.05, 4.69) is 32.4 Å². The fraction of sp³-hybridized carbons (Fsp3) is 0.733. The minimum Gasteiger partial charge on any atom is -0.373 e. The molecular formula is C15H25N5O. The molecule has 3 heterocycles. The Balaban J connectivity index is 1.48. The number of nitrogens with one attached hydrogen (secondary N) is 2. The molecule has 21 heavy (non-hydrogen) atoms. The van der Waals surface area contributed by atoms with Crippen LogP contribution in [0.3, 0.4) is 0 Å². The first-order chi connectivity index (χ1) is 10.3. The summed E-state index contributed by atoms with van der Waals surface area (Å²) in [6.45, 7) is 7.00. The van der Waals surface area contributed by atoms with Crippen LogP contribution in [0.15, 0.2) is 12.4 Å². The number of nitrogens with zero attached hydrogens (tertiary/aromatic N) is 3. The number of hydrogen-bond acceptors (Lipinski definition) is 6. The summed E-state index contributed by atoms with van der Waals surface area (Å²) in [7, 11) is 0. The summed E-state index contributed by atoms with van der Waals surface area (Å²) in [4.78, 5) is 11.0. The molecule has 1 aromatic heterocycles. The van der Waals surface area contributed by atoms with Gasteiger partial charge in [0.1, 0.15) is 18.0 Å². The van der Waals surface area contributed by atoms with Crippen molar-refractivity contribution in [2.45, 2.75) is 38.3 Å². The van der Waals surface area contributed by atoms with Gasteiger partial charge in [0.15, 0.2) is 0 Å². The Morgan fingerprint density at radius 1 is 1.33 bits per heavy atom. The van der Waals surface area contributed by atoms with Crippen molar-refractivity contribution in [2.75, 3.05) is 43.4 Å². The van der Waals surface area contributed by atoms with Crippen LogP contribution in [0.4, 0.5) is 11.6 Å². The zero-order valence-corrected chi connectivity index (χ0v) is 12.7. The third kappa shape index (κ3) is 3.83. The van der Waals surface area contributed by atoms with E-state index in [1.807, 2.05) is 6.07 Å². The number of fused-ring (bicyclic) bond motifs is 1. The molecule has 2 saturated heterocycles. The van der Waals surface area contributed by atoms with E-state index in [4.69, 9.17) is 4.74 Å². The number of rotatable bonds is 6. The predicted molar refractivity (Wildman–Crippen MR) is 83.6 cm³/mol. The van der Waals surface area contributed by atoms with E-state index in [0.29, 0.717) is 6.04 Å². The molecule has 2 unspecified atom stereocenters. The van der Waals surface area contributed by atoms with Crippen molar-refractivity contribution in [1.82, 2.24) is 14.9 Å². The highest BCUT2D eigenvalue weighted by atomic mass is 16.5. The second kappa shape index (κ2) is 7.04. The molecule has 0 amide bonds. The lowest BCUT2D eigenvalue weighted by Gasteiger charge is -2.35. The molecule has 0 radical (unpaired) electrons. The summed E-state index contributed by atoms with van der Waals surface area (Å²) in [5.41, 5.74) is 0. The van der Waals surface area contributed by atoms with Gasteiger partial charge in [0.2, 0.25) is 0 Å². The Labute approximate surface area is 126 Å². The molecule has 2 fully saturated rings. The monoisotopic (exact) mass is 291 g/mol. The van der Waals surface area contributed by atoms with E-state index in [0.717, 1.165) is 44.3 Å². The van der Waals surface area contributed by atoms with Gasteiger partial charge in [-0.1, -0.05) is 6.92 Å². The van der Waals surface area contributed by atoms with Crippen molar-refractivity contribution in [3.05, 3.63) is 12.4 Å². The smallest absolute Gasteiger partial charge is 0.131 e. The first-order valence-corrected chi connectivity index (χ1v) is 8.00. The molecule has 6 nitrogen and oxygen atoms in total. The summed E-state index contributed by atoms with van der Waals surface area (Å²) in [5, 5.41) is 6.64. The molecule has 3 rings (SSSR count). The van der Waals surface area contributed by atoms with E-state index < -0.39 is 0 Å². The SMILES string of the molecule is CCCNc1cc(NCC2CN3CCCC3CO2)ncn1. The van der Waals surface area contributed by atoms with Gasteiger partial charge >= 0.3 is 0 Å². The lowest BCUT2D eigenvalue weighted by Crippen LogP contribution is -2.48. The van der Waals surface area contributed by atoms with Crippen molar-refractivity contribution < 1.29 is 4.74 Å². The average Bonchev–Trinajstić information content (AvgIpc) is 2.99. The highest BCUT2D eigenvalue weighted by Gasteiger charge is 2.31. The van der Waals surface area contributed by atoms with Crippen LogP contribution in [0, 0.1) is 0 Å². The fourth-order valence-corrected chi connectivity index (χ4v) is 3.03. The molecule has 0 spiro atoms. The van der Waals surface area contributed by atoms with Crippen LogP contribution >= 0.6 is 0 Å². The highest BCUT2D eigenvalue weighted by molar-refractivity contribution is 5.46. The van der Waals surface area contributed by atoms with Crippen LogP contribution < -0.4 is 10.6 Å².